The van der Waals surface area contributed by atoms with E-state index in [4.69, 9.17) is 0 Å². The molecule has 0 spiro atoms. The predicted molar refractivity (Wildman–Crippen MR) is 133 cm³/mol. The molecule has 0 radical (unpaired) electrons. The van der Waals surface area contributed by atoms with Crippen molar-refractivity contribution in [1.29, 1.82) is 0 Å². The highest BCUT2D eigenvalue weighted by Gasteiger charge is 2.54. The van der Waals surface area contributed by atoms with Crippen molar-refractivity contribution in [3.63, 3.8) is 0 Å². The first-order valence-corrected chi connectivity index (χ1v) is 13.0. The second kappa shape index (κ2) is 8.36. The Kier molecular flexibility index (Phi) is 5.42. The van der Waals surface area contributed by atoms with Gasteiger partial charge in [-0.3, -0.25) is 0 Å². The number of fused-ring (bicyclic) bond motifs is 1. The minimum absolute atomic E-state index is 0.246. The van der Waals surface area contributed by atoms with Gasteiger partial charge in [0.15, 0.2) is 11.1 Å². The van der Waals surface area contributed by atoms with E-state index < -0.39 is 7.26 Å². The minimum Gasteiger partial charge on any atom is -0.507 e. The summed E-state index contributed by atoms with van der Waals surface area (Å²) in [7, 11) is -2.21. The Morgan fingerprint density at radius 3 is 1.71 bits per heavy atom. The van der Waals surface area contributed by atoms with Gasteiger partial charge in [-0.15, -0.1) is 0 Å². The van der Waals surface area contributed by atoms with Gasteiger partial charge in [0.2, 0.25) is 0 Å². The van der Waals surface area contributed by atoms with Crippen molar-refractivity contribution < 1.29 is 10.2 Å². The zero-order valence-electron chi connectivity index (χ0n) is 17.6. The lowest BCUT2D eigenvalue weighted by Crippen LogP contribution is -2.39. The summed E-state index contributed by atoms with van der Waals surface area (Å²) >= 11 is 0. The minimum atomic E-state index is -2.21. The standard InChI is InChI=1S/C28H27O2P/c29-26-20-27(28(30)25-19-11-10-18-24(25)26)31(21-12-4-1-5-13-21,22-14-6-2-7-15-22)23-16-8-3-9-17-23/h1-2,4-7,10-15,18-20,23H,3,8-9,16-17H2,(H-,29,30)/p+1. The van der Waals surface area contributed by atoms with E-state index in [1.807, 2.05) is 30.3 Å². The van der Waals surface area contributed by atoms with E-state index in [1.54, 1.807) is 0 Å². The van der Waals surface area contributed by atoms with Crippen LogP contribution in [0.15, 0.2) is 91.0 Å². The fourth-order valence-corrected chi connectivity index (χ4v) is 10.7. The molecule has 4 aromatic rings. The molecule has 5 rings (SSSR count). The van der Waals surface area contributed by atoms with Gasteiger partial charge in [-0.2, -0.15) is 0 Å². The van der Waals surface area contributed by atoms with E-state index in [9.17, 15) is 10.2 Å². The van der Waals surface area contributed by atoms with Crippen LogP contribution in [0, 0.1) is 0 Å². The Bertz CT molecular complexity index is 1140. The molecule has 0 unspecified atom stereocenters. The van der Waals surface area contributed by atoms with Crippen molar-refractivity contribution in [3.8, 4) is 11.5 Å². The lowest BCUT2D eigenvalue weighted by Gasteiger charge is -2.37. The molecule has 0 heterocycles. The number of benzene rings is 4. The summed E-state index contributed by atoms with van der Waals surface area (Å²) < 4.78 is 0. The molecule has 156 valence electrons. The van der Waals surface area contributed by atoms with Crippen LogP contribution in [0.1, 0.15) is 32.1 Å². The second-order valence-electron chi connectivity index (χ2n) is 8.49. The maximum absolute atomic E-state index is 11.7. The summed E-state index contributed by atoms with van der Waals surface area (Å²) in [6.07, 6.45) is 5.99. The second-order valence-corrected chi connectivity index (χ2v) is 12.2. The number of phenols is 2. The highest BCUT2D eigenvalue weighted by atomic mass is 31.2. The summed E-state index contributed by atoms with van der Waals surface area (Å²) in [6.45, 7) is 0. The third-order valence-corrected chi connectivity index (χ3v) is 11.7. The predicted octanol–water partition coefficient (Wildman–Crippen LogP) is 5.88. The molecule has 0 aromatic heterocycles. The average molecular weight is 428 g/mol. The summed E-state index contributed by atoms with van der Waals surface area (Å²) in [5.41, 5.74) is 0.442. The monoisotopic (exact) mass is 427 g/mol. The quantitative estimate of drug-likeness (QED) is 0.316. The zero-order valence-corrected chi connectivity index (χ0v) is 18.5. The fourth-order valence-electron chi connectivity index (χ4n) is 5.44. The van der Waals surface area contributed by atoms with Crippen molar-refractivity contribution in [2.24, 2.45) is 0 Å². The smallest absolute Gasteiger partial charge is 0.167 e. The topological polar surface area (TPSA) is 40.5 Å². The molecular formula is C28H28O2P+. The molecule has 4 aromatic carbocycles. The molecule has 0 amide bonds. The van der Waals surface area contributed by atoms with Gasteiger partial charge in [0, 0.05) is 16.8 Å². The number of hydrogen-bond donors (Lipinski definition) is 2. The molecule has 0 aliphatic heterocycles. The van der Waals surface area contributed by atoms with Gasteiger partial charge in [0.25, 0.3) is 0 Å². The third-order valence-electron chi connectivity index (χ3n) is 6.80. The number of rotatable bonds is 4. The van der Waals surface area contributed by atoms with Crippen molar-refractivity contribution in [2.75, 3.05) is 0 Å². The van der Waals surface area contributed by atoms with Gasteiger partial charge in [-0.05, 0) is 49.9 Å². The van der Waals surface area contributed by atoms with E-state index in [0.29, 0.717) is 16.8 Å². The fraction of sp³-hybridized carbons (Fsp3) is 0.214. The molecule has 2 N–H and O–H groups in total. The molecule has 3 heteroatoms. The van der Waals surface area contributed by atoms with Gasteiger partial charge in [0.05, 0.1) is 5.66 Å². The Labute approximate surface area is 184 Å². The molecule has 0 atom stereocenters. The molecule has 1 fully saturated rings. The molecule has 1 aliphatic carbocycles. The first-order chi connectivity index (χ1) is 15.2. The highest BCUT2D eigenvalue weighted by Crippen LogP contribution is 2.65. The van der Waals surface area contributed by atoms with Gasteiger partial charge < -0.3 is 10.2 Å². The van der Waals surface area contributed by atoms with Crippen molar-refractivity contribution in [2.45, 2.75) is 37.8 Å². The maximum atomic E-state index is 11.7. The van der Waals surface area contributed by atoms with Crippen molar-refractivity contribution >= 4 is 33.9 Å². The molecule has 0 saturated heterocycles. The summed E-state index contributed by atoms with van der Waals surface area (Å²) in [5, 5.41) is 27.6. The van der Waals surface area contributed by atoms with Crippen LogP contribution >= 0.6 is 7.26 Å². The van der Waals surface area contributed by atoms with Crippen molar-refractivity contribution in [3.05, 3.63) is 91.0 Å². The first kappa shape index (κ1) is 20.1. The molecule has 2 nitrogen and oxygen atoms in total. The normalized spacial score (nSPS) is 15.2. The van der Waals surface area contributed by atoms with Crippen LogP contribution in [0.25, 0.3) is 10.8 Å². The van der Waals surface area contributed by atoms with Crippen LogP contribution in [0.3, 0.4) is 0 Å². The molecular weight excluding hydrogens is 399 g/mol. The number of hydrogen-bond acceptors (Lipinski definition) is 2. The molecule has 1 aliphatic rings. The van der Waals surface area contributed by atoms with Crippen LogP contribution in [-0.2, 0) is 0 Å². The van der Waals surface area contributed by atoms with Gasteiger partial charge in [-0.1, -0.05) is 67.1 Å². The number of phenolic OH excluding ortho intramolecular Hbond substituents is 2. The molecule has 0 bridgehead atoms. The highest BCUT2D eigenvalue weighted by molar-refractivity contribution is 7.96. The van der Waals surface area contributed by atoms with Crippen LogP contribution < -0.4 is 15.9 Å². The third kappa shape index (κ3) is 3.30. The van der Waals surface area contributed by atoms with E-state index in [1.165, 1.54) is 29.9 Å². The zero-order chi connectivity index (χ0) is 21.3. The van der Waals surface area contributed by atoms with Crippen LogP contribution in [-0.4, -0.2) is 15.9 Å². The lowest BCUT2D eigenvalue weighted by molar-refractivity contribution is 0.472. The lowest BCUT2D eigenvalue weighted by atomic mass is 10.0. The van der Waals surface area contributed by atoms with E-state index in [-0.39, 0.29) is 5.75 Å². The maximum Gasteiger partial charge on any atom is 0.167 e. The van der Waals surface area contributed by atoms with E-state index in [2.05, 4.69) is 60.7 Å². The van der Waals surface area contributed by atoms with Crippen LogP contribution in [0.5, 0.6) is 11.5 Å². The van der Waals surface area contributed by atoms with Crippen LogP contribution in [0.2, 0.25) is 0 Å². The first-order valence-electron chi connectivity index (χ1n) is 11.2. The Hall–Kier alpha value is -2.83. The Morgan fingerprint density at radius 2 is 1.13 bits per heavy atom. The molecule has 31 heavy (non-hydrogen) atoms. The summed E-state index contributed by atoms with van der Waals surface area (Å²) in [6, 6.07) is 30.9. The van der Waals surface area contributed by atoms with E-state index in [0.717, 1.165) is 23.5 Å². The Morgan fingerprint density at radius 1 is 0.613 bits per heavy atom. The summed E-state index contributed by atoms with van der Waals surface area (Å²) in [5.74, 6) is 0.565. The van der Waals surface area contributed by atoms with Gasteiger partial charge in [-0.25, -0.2) is 0 Å². The van der Waals surface area contributed by atoms with E-state index >= 15 is 0 Å². The Balaban J connectivity index is 1.91. The number of aromatic hydroxyl groups is 2. The SMILES string of the molecule is Oc1cc([P+](c2ccccc2)(c2ccccc2)C2CCCCC2)c(O)c2ccccc12. The van der Waals surface area contributed by atoms with Crippen LogP contribution in [0.4, 0.5) is 0 Å². The van der Waals surface area contributed by atoms with Crippen molar-refractivity contribution in [1.82, 2.24) is 0 Å². The summed E-state index contributed by atoms with van der Waals surface area (Å²) in [4.78, 5) is 0. The largest absolute Gasteiger partial charge is 0.507 e. The molecule has 1 saturated carbocycles. The van der Waals surface area contributed by atoms with Gasteiger partial charge in [0.1, 0.15) is 23.6 Å². The van der Waals surface area contributed by atoms with Gasteiger partial charge >= 0.3 is 0 Å². The average Bonchev–Trinajstić information content (AvgIpc) is 2.85.